The zero-order chi connectivity index (χ0) is 16.3. The molecule has 0 saturated carbocycles. The summed E-state index contributed by atoms with van der Waals surface area (Å²) in [4.78, 5) is -0.0353. The lowest BCUT2D eigenvalue weighted by atomic mass is 10.3. The predicted molar refractivity (Wildman–Crippen MR) is 87.6 cm³/mol. The van der Waals surface area contributed by atoms with Gasteiger partial charge in [0, 0.05) is 10.0 Å². The van der Waals surface area contributed by atoms with Gasteiger partial charge in [0.1, 0.15) is 5.82 Å². The second-order valence-electron chi connectivity index (χ2n) is 4.41. The number of anilines is 1. The smallest absolute Gasteiger partial charge is 0.262 e. The summed E-state index contributed by atoms with van der Waals surface area (Å²) < 4.78 is 39.5. The van der Waals surface area contributed by atoms with Gasteiger partial charge in [0.15, 0.2) is 0 Å². The van der Waals surface area contributed by atoms with Crippen molar-refractivity contribution in [3.8, 4) is 0 Å². The number of halogens is 3. The third-order valence-electron chi connectivity index (χ3n) is 2.83. The molecule has 22 heavy (non-hydrogen) atoms. The highest BCUT2D eigenvalue weighted by Crippen LogP contribution is 2.29. The highest BCUT2D eigenvalue weighted by molar-refractivity contribution is 7.92. The topological polar surface area (TPSA) is 37.4 Å². The summed E-state index contributed by atoms with van der Waals surface area (Å²) in [5, 5.41) is 0.622. The van der Waals surface area contributed by atoms with Gasteiger partial charge >= 0.3 is 0 Å². The Hall–Kier alpha value is -1.56. The zero-order valence-electron chi connectivity index (χ0n) is 11.3. The van der Waals surface area contributed by atoms with Gasteiger partial charge in [-0.1, -0.05) is 29.3 Å². The minimum absolute atomic E-state index is 0.0242. The Labute approximate surface area is 138 Å². The summed E-state index contributed by atoms with van der Waals surface area (Å²) in [5.41, 5.74) is 0.307. The standard InChI is InChI=1S/C15H12Cl2FNO2S/c1-2-7-19(14-9-11(16)8-12(17)10-14)22(20,21)15-5-3-13(18)4-6-15/h2-6,8-10H,1,7H2. The molecule has 0 amide bonds. The average Bonchev–Trinajstić information content (AvgIpc) is 2.44. The van der Waals surface area contributed by atoms with Crippen LogP contribution in [-0.2, 0) is 10.0 Å². The highest BCUT2D eigenvalue weighted by atomic mass is 35.5. The molecule has 0 radical (unpaired) electrons. The minimum atomic E-state index is -3.89. The molecule has 0 N–H and O–H groups in total. The molecule has 0 bridgehead atoms. The summed E-state index contributed by atoms with van der Waals surface area (Å²) in [5.74, 6) is -0.514. The van der Waals surface area contributed by atoms with Crippen LogP contribution < -0.4 is 4.31 Å². The lowest BCUT2D eigenvalue weighted by Crippen LogP contribution is -2.31. The first-order valence-corrected chi connectivity index (χ1v) is 8.39. The second kappa shape index (κ2) is 6.69. The van der Waals surface area contributed by atoms with Crippen molar-refractivity contribution in [2.75, 3.05) is 10.8 Å². The van der Waals surface area contributed by atoms with E-state index in [1.54, 1.807) is 0 Å². The maximum atomic E-state index is 13.0. The van der Waals surface area contributed by atoms with Gasteiger partial charge < -0.3 is 0 Å². The number of benzene rings is 2. The molecule has 0 fully saturated rings. The lowest BCUT2D eigenvalue weighted by Gasteiger charge is -2.23. The van der Waals surface area contributed by atoms with Crippen molar-refractivity contribution < 1.29 is 12.8 Å². The zero-order valence-corrected chi connectivity index (χ0v) is 13.7. The van der Waals surface area contributed by atoms with Crippen LogP contribution in [0.3, 0.4) is 0 Å². The van der Waals surface area contributed by atoms with E-state index in [2.05, 4.69) is 6.58 Å². The molecule has 0 aliphatic carbocycles. The minimum Gasteiger partial charge on any atom is -0.262 e. The Kier molecular flexibility index (Phi) is 5.11. The third-order valence-corrected chi connectivity index (χ3v) is 5.08. The fourth-order valence-corrected chi connectivity index (χ4v) is 3.81. The van der Waals surface area contributed by atoms with Crippen molar-refractivity contribution in [1.29, 1.82) is 0 Å². The van der Waals surface area contributed by atoms with E-state index < -0.39 is 15.8 Å². The molecule has 2 aromatic carbocycles. The molecule has 2 rings (SSSR count). The third kappa shape index (κ3) is 3.61. The van der Waals surface area contributed by atoms with Crippen LogP contribution in [0.2, 0.25) is 10.0 Å². The Morgan fingerprint density at radius 2 is 1.64 bits per heavy atom. The maximum absolute atomic E-state index is 13.0. The van der Waals surface area contributed by atoms with Gasteiger partial charge in [-0.2, -0.15) is 0 Å². The Balaban J connectivity index is 2.55. The molecule has 0 aliphatic rings. The van der Waals surface area contributed by atoms with Gasteiger partial charge in [0.2, 0.25) is 0 Å². The average molecular weight is 360 g/mol. The molecule has 0 saturated heterocycles. The van der Waals surface area contributed by atoms with Crippen molar-refractivity contribution in [2.24, 2.45) is 0 Å². The molecule has 0 aliphatic heterocycles. The first-order chi connectivity index (χ1) is 10.3. The Morgan fingerprint density at radius 1 is 1.09 bits per heavy atom. The van der Waals surface area contributed by atoms with E-state index in [0.717, 1.165) is 16.4 Å². The van der Waals surface area contributed by atoms with Crippen LogP contribution in [0.5, 0.6) is 0 Å². The summed E-state index contributed by atoms with van der Waals surface area (Å²) in [6.07, 6.45) is 1.44. The summed E-state index contributed by atoms with van der Waals surface area (Å²) in [6.45, 7) is 3.58. The number of nitrogens with zero attached hydrogens (tertiary/aromatic N) is 1. The molecular formula is C15H12Cl2FNO2S. The Bertz CT molecular complexity index is 771. The van der Waals surface area contributed by atoms with Crippen LogP contribution in [0.4, 0.5) is 10.1 Å². The molecule has 0 unspecified atom stereocenters. The van der Waals surface area contributed by atoms with E-state index >= 15 is 0 Å². The van der Waals surface area contributed by atoms with Crippen molar-refractivity contribution in [1.82, 2.24) is 0 Å². The second-order valence-corrected chi connectivity index (χ2v) is 7.14. The monoisotopic (exact) mass is 359 g/mol. The molecular weight excluding hydrogens is 348 g/mol. The van der Waals surface area contributed by atoms with E-state index in [-0.39, 0.29) is 11.4 Å². The molecule has 0 aromatic heterocycles. The highest BCUT2D eigenvalue weighted by Gasteiger charge is 2.24. The fourth-order valence-electron chi connectivity index (χ4n) is 1.88. The van der Waals surface area contributed by atoms with E-state index in [1.807, 2.05) is 0 Å². The predicted octanol–water partition coefficient (Wildman–Crippen LogP) is 4.51. The maximum Gasteiger partial charge on any atom is 0.264 e. The normalized spacial score (nSPS) is 11.2. The van der Waals surface area contributed by atoms with Crippen LogP contribution in [0.25, 0.3) is 0 Å². The molecule has 0 atom stereocenters. The molecule has 2 aromatic rings. The van der Waals surface area contributed by atoms with E-state index in [4.69, 9.17) is 23.2 Å². The molecule has 0 spiro atoms. The van der Waals surface area contributed by atoms with Gasteiger partial charge in [-0.25, -0.2) is 12.8 Å². The van der Waals surface area contributed by atoms with Crippen molar-refractivity contribution in [3.63, 3.8) is 0 Å². The van der Waals surface area contributed by atoms with Gasteiger partial charge in [-0.05, 0) is 42.5 Å². The first-order valence-electron chi connectivity index (χ1n) is 6.20. The van der Waals surface area contributed by atoms with E-state index in [9.17, 15) is 12.8 Å². The number of rotatable bonds is 5. The Morgan fingerprint density at radius 3 is 2.14 bits per heavy atom. The SMILES string of the molecule is C=CCN(c1cc(Cl)cc(Cl)c1)S(=O)(=O)c1ccc(F)cc1. The molecule has 3 nitrogen and oxygen atoms in total. The summed E-state index contributed by atoms with van der Waals surface area (Å²) >= 11 is 11.9. The number of sulfonamides is 1. The number of hydrogen-bond donors (Lipinski definition) is 0. The molecule has 116 valence electrons. The van der Waals surface area contributed by atoms with Crippen LogP contribution in [0.15, 0.2) is 60.0 Å². The van der Waals surface area contributed by atoms with Crippen molar-refractivity contribution >= 4 is 38.9 Å². The van der Waals surface area contributed by atoms with Gasteiger partial charge in [-0.3, -0.25) is 4.31 Å². The fraction of sp³-hybridized carbons (Fsp3) is 0.0667. The van der Waals surface area contributed by atoms with E-state index in [1.165, 1.54) is 36.4 Å². The van der Waals surface area contributed by atoms with Gasteiger partial charge in [0.05, 0.1) is 17.1 Å². The summed E-state index contributed by atoms with van der Waals surface area (Å²) in [7, 11) is -3.89. The molecule has 7 heteroatoms. The quantitative estimate of drug-likeness (QED) is 0.736. The van der Waals surface area contributed by atoms with Crippen molar-refractivity contribution in [3.05, 3.63) is 71.0 Å². The van der Waals surface area contributed by atoms with Gasteiger partial charge in [0.25, 0.3) is 10.0 Å². The molecule has 0 heterocycles. The number of hydrogen-bond acceptors (Lipinski definition) is 2. The van der Waals surface area contributed by atoms with Crippen LogP contribution >= 0.6 is 23.2 Å². The summed E-state index contributed by atoms with van der Waals surface area (Å²) in [6, 6.07) is 9.05. The van der Waals surface area contributed by atoms with Gasteiger partial charge in [-0.15, -0.1) is 6.58 Å². The van der Waals surface area contributed by atoms with Crippen LogP contribution in [0.1, 0.15) is 0 Å². The van der Waals surface area contributed by atoms with Crippen LogP contribution in [-0.4, -0.2) is 15.0 Å². The first kappa shape index (κ1) is 16.8. The van der Waals surface area contributed by atoms with Crippen molar-refractivity contribution in [2.45, 2.75) is 4.90 Å². The largest absolute Gasteiger partial charge is 0.264 e. The van der Waals surface area contributed by atoms with Crippen LogP contribution in [0, 0.1) is 5.82 Å². The van der Waals surface area contributed by atoms with E-state index in [0.29, 0.717) is 15.7 Å². The lowest BCUT2D eigenvalue weighted by molar-refractivity contribution is 0.591.